The van der Waals surface area contributed by atoms with Crippen molar-refractivity contribution in [2.75, 3.05) is 0 Å². The third-order valence-corrected chi connectivity index (χ3v) is 2.59. The van der Waals surface area contributed by atoms with E-state index in [0.717, 1.165) is 17.5 Å². The molecule has 79 valence electrons. The number of rotatable bonds is 4. The number of benzene rings is 1. The molecule has 1 unspecified atom stereocenters. The van der Waals surface area contributed by atoms with Gasteiger partial charge in [-0.2, -0.15) is 24.1 Å². The summed E-state index contributed by atoms with van der Waals surface area (Å²) >= 11 is 0. The summed E-state index contributed by atoms with van der Waals surface area (Å²) in [5, 5.41) is 0. The van der Waals surface area contributed by atoms with E-state index in [0.29, 0.717) is 0 Å². The van der Waals surface area contributed by atoms with Gasteiger partial charge in [-0.25, -0.2) is 0 Å². The Kier molecular flexibility index (Phi) is 7.12. The van der Waals surface area contributed by atoms with E-state index in [1.807, 2.05) is 51.5 Å². The minimum absolute atomic E-state index is 0. The average Bonchev–Trinajstić information content (AvgIpc) is 2.27. The average molecular weight is 278 g/mol. The molecule has 0 heterocycles. The van der Waals surface area contributed by atoms with Crippen LogP contribution in [0.1, 0.15) is 43.1 Å². The van der Waals surface area contributed by atoms with E-state index in [4.69, 9.17) is 0 Å². The topological polar surface area (TPSA) is 17.1 Å². The first-order valence-electron chi connectivity index (χ1n) is 5.12. The van der Waals surface area contributed by atoms with E-state index in [2.05, 4.69) is 0 Å². The van der Waals surface area contributed by atoms with Gasteiger partial charge in [-0.15, -0.1) is 12.1 Å². The van der Waals surface area contributed by atoms with Gasteiger partial charge in [0.05, 0.1) is 0 Å². The maximum absolute atomic E-state index is 11.8. The summed E-state index contributed by atoms with van der Waals surface area (Å²) in [7, 11) is 0. The molecule has 15 heavy (non-hydrogen) atoms. The summed E-state index contributed by atoms with van der Waals surface area (Å²) in [6, 6.07) is 7.78. The molecule has 0 amide bonds. The quantitative estimate of drug-likeness (QED) is 0.608. The van der Waals surface area contributed by atoms with Crippen molar-refractivity contribution in [1.29, 1.82) is 0 Å². The molecular weight excluding hydrogens is 261 g/mol. The predicted octanol–water partition coefficient (Wildman–Crippen LogP) is 3.49. The van der Waals surface area contributed by atoms with Crippen molar-refractivity contribution in [3.05, 3.63) is 41.8 Å². The molecule has 0 saturated heterocycles. The summed E-state index contributed by atoms with van der Waals surface area (Å²) in [5.41, 5.74) is 1.98. The van der Waals surface area contributed by atoms with Gasteiger partial charge in [0.2, 0.25) is 0 Å². The molecule has 1 aromatic rings. The van der Waals surface area contributed by atoms with Crippen LogP contribution < -0.4 is 0 Å². The van der Waals surface area contributed by atoms with Crippen LogP contribution in [-0.4, -0.2) is 5.78 Å². The molecular formula is C13H17OY-. The van der Waals surface area contributed by atoms with Crippen LogP contribution in [0.5, 0.6) is 0 Å². The van der Waals surface area contributed by atoms with Gasteiger partial charge in [-0.3, -0.25) is 4.79 Å². The van der Waals surface area contributed by atoms with Crippen molar-refractivity contribution in [3.8, 4) is 0 Å². The number of ketones is 1. The molecule has 0 bridgehead atoms. The first-order chi connectivity index (χ1) is 6.69. The van der Waals surface area contributed by atoms with E-state index in [-0.39, 0.29) is 44.4 Å². The number of hydrogen-bond acceptors (Lipinski definition) is 1. The molecule has 1 atom stereocenters. The van der Waals surface area contributed by atoms with Gasteiger partial charge < -0.3 is 0 Å². The van der Waals surface area contributed by atoms with Gasteiger partial charge >= 0.3 is 0 Å². The third kappa shape index (κ3) is 4.08. The maximum Gasteiger partial charge on any atom is 0.163 e. The molecule has 0 spiro atoms. The van der Waals surface area contributed by atoms with Gasteiger partial charge in [0.1, 0.15) is 0 Å². The Balaban J connectivity index is 0.00000196. The summed E-state index contributed by atoms with van der Waals surface area (Å²) in [6.45, 7) is 6.00. The van der Waals surface area contributed by atoms with Crippen molar-refractivity contribution in [2.24, 2.45) is 5.92 Å². The second-order valence-corrected chi connectivity index (χ2v) is 3.58. The van der Waals surface area contributed by atoms with Crippen molar-refractivity contribution in [1.82, 2.24) is 0 Å². The minimum Gasteiger partial charge on any atom is -0.294 e. The van der Waals surface area contributed by atoms with Crippen LogP contribution in [0.15, 0.2) is 24.3 Å². The number of carbonyl (C=O) groups excluding carboxylic acids is 1. The molecule has 0 aromatic heterocycles. The minimum atomic E-state index is 0. The van der Waals surface area contributed by atoms with Crippen molar-refractivity contribution >= 4 is 5.78 Å². The molecule has 0 fully saturated rings. The third-order valence-electron chi connectivity index (χ3n) is 2.59. The molecule has 1 nitrogen and oxygen atoms in total. The first kappa shape index (κ1) is 14.9. The van der Waals surface area contributed by atoms with Gasteiger partial charge in [0.25, 0.3) is 0 Å². The molecule has 0 aliphatic heterocycles. The first-order valence-corrected chi connectivity index (χ1v) is 5.12. The fourth-order valence-electron chi connectivity index (χ4n) is 1.31. The smallest absolute Gasteiger partial charge is 0.163 e. The largest absolute Gasteiger partial charge is 0.294 e. The molecule has 1 aromatic carbocycles. The zero-order valence-corrected chi connectivity index (χ0v) is 12.5. The molecule has 0 aliphatic carbocycles. The second kappa shape index (κ2) is 7.19. The standard InChI is InChI=1S/C13H17O.Y/c1-4-10(3)13(14)12-8-6-11(5-2)7-9-12;/h5-10H,4H2,1-3H3;/q-1;. The summed E-state index contributed by atoms with van der Waals surface area (Å²) in [4.78, 5) is 11.8. The Bertz CT molecular complexity index is 303. The van der Waals surface area contributed by atoms with E-state index >= 15 is 0 Å². The molecule has 2 heteroatoms. The van der Waals surface area contributed by atoms with Crippen LogP contribution in [0, 0.1) is 12.3 Å². The summed E-state index contributed by atoms with van der Waals surface area (Å²) in [6.07, 6.45) is 2.93. The van der Waals surface area contributed by atoms with Gasteiger partial charge in [0, 0.05) is 38.6 Å². The Morgan fingerprint density at radius 3 is 2.27 bits per heavy atom. The Labute approximate surface area is 118 Å². The second-order valence-electron chi connectivity index (χ2n) is 3.58. The molecule has 0 aliphatic rings. The summed E-state index contributed by atoms with van der Waals surface area (Å²) in [5.74, 6) is 0.376. The van der Waals surface area contributed by atoms with Crippen LogP contribution in [0.4, 0.5) is 0 Å². The Morgan fingerprint density at radius 1 is 1.33 bits per heavy atom. The van der Waals surface area contributed by atoms with Crippen LogP contribution >= 0.6 is 0 Å². The van der Waals surface area contributed by atoms with Crippen molar-refractivity contribution in [3.63, 3.8) is 0 Å². The molecule has 1 radical (unpaired) electrons. The van der Waals surface area contributed by atoms with Crippen molar-refractivity contribution in [2.45, 2.75) is 27.2 Å². The van der Waals surface area contributed by atoms with E-state index in [1.165, 1.54) is 0 Å². The zero-order chi connectivity index (χ0) is 10.6. The van der Waals surface area contributed by atoms with Crippen LogP contribution in [0.3, 0.4) is 0 Å². The summed E-state index contributed by atoms with van der Waals surface area (Å²) < 4.78 is 0. The van der Waals surface area contributed by atoms with E-state index in [1.54, 1.807) is 0 Å². The number of carbonyl (C=O) groups is 1. The normalized spacial score (nSPS) is 11.4. The number of Topliss-reactive ketones (excluding diaryl/α,β-unsaturated/α-hetero) is 1. The monoisotopic (exact) mass is 278 g/mol. The van der Waals surface area contributed by atoms with Crippen molar-refractivity contribution < 1.29 is 37.5 Å². The van der Waals surface area contributed by atoms with E-state index in [9.17, 15) is 4.79 Å². The van der Waals surface area contributed by atoms with Gasteiger partial charge in [-0.1, -0.05) is 20.8 Å². The van der Waals surface area contributed by atoms with Crippen LogP contribution in [0.2, 0.25) is 0 Å². The molecule has 0 saturated carbocycles. The Morgan fingerprint density at radius 2 is 1.87 bits per heavy atom. The predicted molar refractivity (Wildman–Crippen MR) is 59.3 cm³/mol. The Hall–Kier alpha value is -0.136. The SMILES string of the molecule is C[CH-]c1ccc(C(=O)C(C)CC)cc1.[Y]. The van der Waals surface area contributed by atoms with Crippen LogP contribution in [-0.2, 0) is 32.7 Å². The van der Waals surface area contributed by atoms with Gasteiger partial charge in [-0.05, 0) is 12.0 Å². The molecule has 0 N–H and O–H groups in total. The zero-order valence-electron chi connectivity index (χ0n) is 9.66. The fraction of sp³-hybridized carbons (Fsp3) is 0.385. The molecule has 1 rings (SSSR count). The maximum atomic E-state index is 11.8. The van der Waals surface area contributed by atoms with E-state index < -0.39 is 0 Å². The van der Waals surface area contributed by atoms with Crippen LogP contribution in [0.25, 0.3) is 0 Å². The number of hydrogen-bond donors (Lipinski definition) is 0. The fourth-order valence-corrected chi connectivity index (χ4v) is 1.31. The van der Waals surface area contributed by atoms with Gasteiger partial charge in [0.15, 0.2) is 5.78 Å².